The minimum absolute atomic E-state index is 0.0607. The second-order valence-electron chi connectivity index (χ2n) is 6.46. The molecule has 0 saturated heterocycles. The molecular formula is C20H23N3O3. The molecule has 3 N–H and O–H groups in total. The van der Waals surface area contributed by atoms with Crippen molar-refractivity contribution in [3.8, 4) is 5.75 Å². The molecule has 6 heteroatoms. The fourth-order valence-electron chi connectivity index (χ4n) is 2.87. The quantitative estimate of drug-likeness (QED) is 0.862. The number of benzene rings is 2. The molecule has 0 aliphatic carbocycles. The van der Waals surface area contributed by atoms with Crippen LogP contribution in [-0.2, 0) is 16.1 Å². The van der Waals surface area contributed by atoms with Gasteiger partial charge in [0.15, 0.2) is 6.10 Å². The standard InChI is InChI=1S/C20H23N3O3/c1-13(21)16-8-9-18-17(10-16)23(20(25)14(2)26-18)12-19(24)22-11-15-6-4-3-5-7-15/h3-10,13-14H,11-12,21H2,1-2H3,(H,22,24). The van der Waals surface area contributed by atoms with Crippen molar-refractivity contribution >= 4 is 17.5 Å². The summed E-state index contributed by atoms with van der Waals surface area (Å²) in [6.45, 7) is 3.90. The third-order valence-corrected chi connectivity index (χ3v) is 4.35. The molecule has 1 heterocycles. The highest BCUT2D eigenvalue weighted by Crippen LogP contribution is 2.35. The monoisotopic (exact) mass is 353 g/mol. The Kier molecular flexibility index (Phi) is 5.23. The lowest BCUT2D eigenvalue weighted by molar-refractivity contribution is -0.128. The van der Waals surface area contributed by atoms with Crippen molar-refractivity contribution in [2.45, 2.75) is 32.5 Å². The van der Waals surface area contributed by atoms with Crippen LogP contribution in [0.15, 0.2) is 48.5 Å². The maximum absolute atomic E-state index is 12.6. The van der Waals surface area contributed by atoms with Crippen molar-refractivity contribution in [3.05, 3.63) is 59.7 Å². The number of carbonyl (C=O) groups excluding carboxylic acids is 2. The molecule has 1 aliphatic heterocycles. The Labute approximate surface area is 152 Å². The summed E-state index contributed by atoms with van der Waals surface area (Å²) in [7, 11) is 0. The number of anilines is 1. The zero-order valence-corrected chi connectivity index (χ0v) is 14.9. The molecule has 0 bridgehead atoms. The SMILES string of the molecule is CC1Oc2ccc(C(C)N)cc2N(CC(=O)NCc2ccccc2)C1=O. The first-order valence-electron chi connectivity index (χ1n) is 8.64. The Morgan fingerprint density at radius 3 is 2.69 bits per heavy atom. The third-order valence-electron chi connectivity index (χ3n) is 4.35. The van der Waals surface area contributed by atoms with E-state index in [0.717, 1.165) is 11.1 Å². The Morgan fingerprint density at radius 2 is 2.00 bits per heavy atom. The Morgan fingerprint density at radius 1 is 1.27 bits per heavy atom. The zero-order chi connectivity index (χ0) is 18.7. The smallest absolute Gasteiger partial charge is 0.268 e. The average Bonchev–Trinajstić information content (AvgIpc) is 2.64. The van der Waals surface area contributed by atoms with Crippen molar-refractivity contribution < 1.29 is 14.3 Å². The second-order valence-corrected chi connectivity index (χ2v) is 6.46. The van der Waals surface area contributed by atoms with Gasteiger partial charge in [0.2, 0.25) is 5.91 Å². The summed E-state index contributed by atoms with van der Waals surface area (Å²) in [5, 5.41) is 2.85. The van der Waals surface area contributed by atoms with Crippen molar-refractivity contribution in [1.82, 2.24) is 5.32 Å². The molecule has 0 aromatic heterocycles. The summed E-state index contributed by atoms with van der Waals surface area (Å²) in [5.74, 6) is 0.111. The molecule has 26 heavy (non-hydrogen) atoms. The van der Waals surface area contributed by atoms with Crippen LogP contribution >= 0.6 is 0 Å². The lowest BCUT2D eigenvalue weighted by atomic mass is 10.1. The van der Waals surface area contributed by atoms with Gasteiger partial charge < -0.3 is 15.8 Å². The minimum atomic E-state index is -0.634. The van der Waals surface area contributed by atoms with E-state index in [9.17, 15) is 9.59 Å². The molecule has 2 aromatic rings. The highest BCUT2D eigenvalue weighted by atomic mass is 16.5. The van der Waals surface area contributed by atoms with Gasteiger partial charge in [0.25, 0.3) is 5.91 Å². The number of nitrogens with zero attached hydrogens (tertiary/aromatic N) is 1. The van der Waals surface area contributed by atoms with Gasteiger partial charge in [0.05, 0.1) is 5.69 Å². The molecule has 6 nitrogen and oxygen atoms in total. The largest absolute Gasteiger partial charge is 0.479 e. The maximum atomic E-state index is 12.6. The number of hydrogen-bond donors (Lipinski definition) is 2. The van der Waals surface area contributed by atoms with Gasteiger partial charge in [-0.05, 0) is 37.1 Å². The van der Waals surface area contributed by atoms with Crippen LogP contribution in [0.1, 0.15) is 31.0 Å². The predicted octanol–water partition coefficient (Wildman–Crippen LogP) is 2.14. The molecule has 2 unspecified atom stereocenters. The van der Waals surface area contributed by atoms with Gasteiger partial charge in [-0.25, -0.2) is 0 Å². The molecule has 2 amide bonds. The van der Waals surface area contributed by atoms with Crippen LogP contribution in [0, 0.1) is 0 Å². The van der Waals surface area contributed by atoms with Gasteiger partial charge in [0, 0.05) is 12.6 Å². The van der Waals surface area contributed by atoms with Crippen LogP contribution in [0.4, 0.5) is 5.69 Å². The highest BCUT2D eigenvalue weighted by Gasteiger charge is 2.33. The highest BCUT2D eigenvalue weighted by molar-refractivity contribution is 6.03. The second kappa shape index (κ2) is 7.58. The number of hydrogen-bond acceptors (Lipinski definition) is 4. The van der Waals surface area contributed by atoms with Crippen LogP contribution in [-0.4, -0.2) is 24.5 Å². The van der Waals surface area contributed by atoms with Crippen molar-refractivity contribution in [2.75, 3.05) is 11.4 Å². The molecule has 136 valence electrons. The van der Waals surface area contributed by atoms with E-state index in [1.807, 2.05) is 49.4 Å². The first kappa shape index (κ1) is 17.9. The van der Waals surface area contributed by atoms with Crippen LogP contribution < -0.4 is 20.7 Å². The minimum Gasteiger partial charge on any atom is -0.479 e. The molecule has 0 radical (unpaired) electrons. The number of ether oxygens (including phenoxy) is 1. The fraction of sp³-hybridized carbons (Fsp3) is 0.300. The van der Waals surface area contributed by atoms with E-state index in [1.165, 1.54) is 4.90 Å². The Hall–Kier alpha value is -2.86. The van der Waals surface area contributed by atoms with Gasteiger partial charge in [-0.2, -0.15) is 0 Å². The molecule has 0 spiro atoms. The topological polar surface area (TPSA) is 84.7 Å². The van der Waals surface area contributed by atoms with Crippen LogP contribution in [0.5, 0.6) is 5.75 Å². The molecule has 1 aliphatic rings. The van der Waals surface area contributed by atoms with Crippen molar-refractivity contribution in [3.63, 3.8) is 0 Å². The van der Waals surface area contributed by atoms with Crippen LogP contribution in [0.25, 0.3) is 0 Å². The van der Waals surface area contributed by atoms with Crippen LogP contribution in [0.2, 0.25) is 0 Å². The van der Waals surface area contributed by atoms with Crippen molar-refractivity contribution in [2.24, 2.45) is 5.73 Å². The molecule has 3 rings (SSSR count). The number of carbonyl (C=O) groups is 2. The molecule has 0 fully saturated rings. The van der Waals surface area contributed by atoms with E-state index in [-0.39, 0.29) is 24.4 Å². The predicted molar refractivity (Wildman–Crippen MR) is 99.8 cm³/mol. The number of fused-ring (bicyclic) bond motifs is 1. The first-order valence-corrected chi connectivity index (χ1v) is 8.64. The normalized spacial score (nSPS) is 17.3. The lowest BCUT2D eigenvalue weighted by Gasteiger charge is -2.33. The summed E-state index contributed by atoms with van der Waals surface area (Å²) in [4.78, 5) is 26.4. The summed E-state index contributed by atoms with van der Waals surface area (Å²) in [6.07, 6.45) is -0.634. The number of nitrogens with one attached hydrogen (secondary N) is 1. The van der Waals surface area contributed by atoms with Gasteiger partial charge in [0.1, 0.15) is 12.3 Å². The van der Waals surface area contributed by atoms with Crippen molar-refractivity contribution in [1.29, 1.82) is 0 Å². The van der Waals surface area contributed by atoms with E-state index in [0.29, 0.717) is 18.0 Å². The molecule has 2 atom stereocenters. The molecule has 0 saturated carbocycles. The third kappa shape index (κ3) is 3.86. The van der Waals surface area contributed by atoms with E-state index in [2.05, 4.69) is 5.32 Å². The maximum Gasteiger partial charge on any atom is 0.268 e. The average molecular weight is 353 g/mol. The number of nitrogens with two attached hydrogens (primary N) is 1. The van der Waals surface area contributed by atoms with E-state index < -0.39 is 6.10 Å². The summed E-state index contributed by atoms with van der Waals surface area (Å²) in [5.41, 5.74) is 8.41. The van der Waals surface area contributed by atoms with E-state index >= 15 is 0 Å². The number of rotatable bonds is 5. The fourth-order valence-corrected chi connectivity index (χ4v) is 2.87. The van der Waals surface area contributed by atoms with E-state index in [1.54, 1.807) is 13.0 Å². The summed E-state index contributed by atoms with van der Waals surface area (Å²) >= 11 is 0. The summed E-state index contributed by atoms with van der Waals surface area (Å²) < 4.78 is 5.66. The summed E-state index contributed by atoms with van der Waals surface area (Å²) in [6, 6.07) is 14.9. The zero-order valence-electron chi connectivity index (χ0n) is 14.9. The molecule has 2 aromatic carbocycles. The van der Waals surface area contributed by atoms with E-state index in [4.69, 9.17) is 10.5 Å². The van der Waals surface area contributed by atoms with Gasteiger partial charge in [-0.3, -0.25) is 14.5 Å². The number of amides is 2. The Bertz CT molecular complexity index is 805. The lowest BCUT2D eigenvalue weighted by Crippen LogP contribution is -2.48. The molecular weight excluding hydrogens is 330 g/mol. The van der Waals surface area contributed by atoms with Gasteiger partial charge in [-0.1, -0.05) is 36.4 Å². The van der Waals surface area contributed by atoms with Gasteiger partial charge in [-0.15, -0.1) is 0 Å². The first-order chi connectivity index (χ1) is 12.5. The van der Waals surface area contributed by atoms with Crippen LogP contribution in [0.3, 0.4) is 0 Å². The Balaban J connectivity index is 1.76. The van der Waals surface area contributed by atoms with Gasteiger partial charge >= 0.3 is 0 Å².